The lowest BCUT2D eigenvalue weighted by Crippen LogP contribution is -1.98. The van der Waals surface area contributed by atoms with Gasteiger partial charge >= 0.3 is 0 Å². The number of rotatable bonds is 3. The van der Waals surface area contributed by atoms with E-state index in [-0.39, 0.29) is 6.04 Å². The van der Waals surface area contributed by atoms with E-state index in [1.807, 2.05) is 38.1 Å². The first-order chi connectivity index (χ1) is 8.70. The van der Waals surface area contributed by atoms with E-state index in [2.05, 4.69) is 15.0 Å². The molecule has 1 heterocycles. The fourth-order valence-corrected chi connectivity index (χ4v) is 1.52. The minimum absolute atomic E-state index is 0.230. The number of hydrogen-bond acceptors (Lipinski definition) is 4. The highest BCUT2D eigenvalue weighted by Gasteiger charge is 2.03. The van der Waals surface area contributed by atoms with Gasteiger partial charge in [-0.25, -0.2) is 4.98 Å². The monoisotopic (exact) mass is 240 g/mol. The van der Waals surface area contributed by atoms with Crippen LogP contribution < -0.4 is 5.73 Å². The molecule has 0 saturated heterocycles. The number of aromatic nitrogens is 2. The Bertz CT molecular complexity index is 600. The van der Waals surface area contributed by atoms with Crippen molar-refractivity contribution in [1.29, 1.82) is 0 Å². The van der Waals surface area contributed by atoms with E-state index < -0.39 is 0 Å². The van der Waals surface area contributed by atoms with Gasteiger partial charge in [0, 0.05) is 24.0 Å². The molecule has 0 atom stereocenters. The van der Waals surface area contributed by atoms with Crippen LogP contribution in [0.2, 0.25) is 0 Å². The maximum atomic E-state index is 5.61. The molecule has 0 radical (unpaired) electrons. The molecule has 0 unspecified atom stereocenters. The van der Waals surface area contributed by atoms with Crippen LogP contribution in [0.15, 0.2) is 41.7 Å². The van der Waals surface area contributed by atoms with E-state index in [0.717, 1.165) is 22.3 Å². The molecule has 1 aromatic heterocycles. The van der Waals surface area contributed by atoms with Crippen LogP contribution in [-0.4, -0.2) is 22.2 Å². The summed E-state index contributed by atoms with van der Waals surface area (Å²) in [6, 6.07) is 7.97. The van der Waals surface area contributed by atoms with Gasteiger partial charge in [-0.3, -0.25) is 9.98 Å². The van der Waals surface area contributed by atoms with E-state index in [9.17, 15) is 0 Å². The van der Waals surface area contributed by atoms with Crippen molar-refractivity contribution >= 4 is 22.8 Å². The Hall–Kier alpha value is -2.23. The third-order valence-electron chi connectivity index (χ3n) is 2.44. The number of benzene rings is 1. The summed E-state index contributed by atoms with van der Waals surface area (Å²) in [6.45, 7) is 4.02. The maximum Gasteiger partial charge on any atom is 0.0922 e. The molecule has 4 heteroatoms. The highest BCUT2D eigenvalue weighted by molar-refractivity contribution is 6.09. The third kappa shape index (κ3) is 2.71. The maximum absolute atomic E-state index is 5.61. The number of allylic oxidation sites excluding steroid dienone is 1. The molecule has 0 spiro atoms. The summed E-state index contributed by atoms with van der Waals surface area (Å²) in [6.07, 6.45) is 4.96. The van der Waals surface area contributed by atoms with Gasteiger partial charge in [-0.2, -0.15) is 0 Å². The molecule has 18 heavy (non-hydrogen) atoms. The summed E-state index contributed by atoms with van der Waals surface area (Å²) in [5.74, 6) is 0. The summed E-state index contributed by atoms with van der Waals surface area (Å²) in [5.41, 5.74) is 8.86. The summed E-state index contributed by atoms with van der Waals surface area (Å²) in [5, 5.41) is 0. The molecule has 0 saturated carbocycles. The zero-order chi connectivity index (χ0) is 13.0. The van der Waals surface area contributed by atoms with Crippen LogP contribution in [0.1, 0.15) is 19.5 Å². The smallest absolute Gasteiger partial charge is 0.0922 e. The molecule has 0 aliphatic heterocycles. The summed E-state index contributed by atoms with van der Waals surface area (Å²) >= 11 is 0. The highest BCUT2D eigenvalue weighted by Crippen LogP contribution is 2.13. The number of hydrogen-bond donors (Lipinski definition) is 1. The van der Waals surface area contributed by atoms with Crippen molar-refractivity contribution in [2.75, 3.05) is 0 Å². The fourth-order valence-electron chi connectivity index (χ4n) is 1.52. The molecule has 0 bridgehead atoms. The summed E-state index contributed by atoms with van der Waals surface area (Å²) in [7, 11) is 0. The lowest BCUT2D eigenvalue weighted by Gasteiger charge is -2.03. The van der Waals surface area contributed by atoms with Crippen molar-refractivity contribution in [1.82, 2.24) is 9.97 Å². The lowest BCUT2D eigenvalue weighted by atomic mass is 10.2. The second-order valence-electron chi connectivity index (χ2n) is 4.24. The lowest BCUT2D eigenvalue weighted by molar-refractivity contribution is 0.842. The molecular weight excluding hydrogens is 224 g/mol. The van der Waals surface area contributed by atoms with E-state index in [0.29, 0.717) is 0 Å². The molecule has 2 N–H and O–H groups in total. The second kappa shape index (κ2) is 5.40. The molecule has 0 fully saturated rings. The van der Waals surface area contributed by atoms with E-state index in [1.165, 1.54) is 6.20 Å². The van der Waals surface area contributed by atoms with Gasteiger partial charge in [-0.05, 0) is 26.0 Å². The SMILES string of the molecule is CC(C)N=CC(=CN)c1cnc2ccccc2n1. The minimum Gasteiger partial charge on any atom is -0.404 e. The van der Waals surface area contributed by atoms with Gasteiger partial charge in [0.05, 0.1) is 22.9 Å². The molecule has 4 nitrogen and oxygen atoms in total. The first-order valence-corrected chi connectivity index (χ1v) is 5.88. The van der Waals surface area contributed by atoms with Crippen LogP contribution in [-0.2, 0) is 0 Å². The number of nitrogens with two attached hydrogens (primary N) is 1. The van der Waals surface area contributed by atoms with Crippen molar-refractivity contribution < 1.29 is 0 Å². The second-order valence-corrected chi connectivity index (χ2v) is 4.24. The van der Waals surface area contributed by atoms with Gasteiger partial charge in [0.2, 0.25) is 0 Å². The van der Waals surface area contributed by atoms with E-state index in [1.54, 1.807) is 12.4 Å². The Labute approximate surface area is 106 Å². The quantitative estimate of drug-likeness (QED) is 0.838. The van der Waals surface area contributed by atoms with Crippen molar-refractivity contribution in [3.63, 3.8) is 0 Å². The molecule has 2 aromatic rings. The average molecular weight is 240 g/mol. The number of fused-ring (bicyclic) bond motifs is 1. The van der Waals surface area contributed by atoms with E-state index >= 15 is 0 Å². The molecule has 1 aromatic carbocycles. The van der Waals surface area contributed by atoms with Crippen LogP contribution in [0, 0.1) is 0 Å². The summed E-state index contributed by atoms with van der Waals surface area (Å²) in [4.78, 5) is 13.2. The number of para-hydroxylation sites is 2. The summed E-state index contributed by atoms with van der Waals surface area (Å²) < 4.78 is 0. The van der Waals surface area contributed by atoms with E-state index in [4.69, 9.17) is 5.73 Å². The largest absolute Gasteiger partial charge is 0.404 e. The fraction of sp³-hybridized carbons (Fsp3) is 0.214. The van der Waals surface area contributed by atoms with Gasteiger partial charge < -0.3 is 5.73 Å². The predicted molar refractivity (Wildman–Crippen MR) is 75.3 cm³/mol. The molecule has 0 aliphatic carbocycles. The van der Waals surface area contributed by atoms with Gasteiger partial charge in [0.25, 0.3) is 0 Å². The topological polar surface area (TPSA) is 64.2 Å². The van der Waals surface area contributed by atoms with Crippen LogP contribution in [0.5, 0.6) is 0 Å². The van der Waals surface area contributed by atoms with Gasteiger partial charge in [-0.1, -0.05) is 12.1 Å². The zero-order valence-corrected chi connectivity index (χ0v) is 10.5. The van der Waals surface area contributed by atoms with Crippen LogP contribution >= 0.6 is 0 Å². The van der Waals surface area contributed by atoms with Crippen molar-refractivity contribution in [3.05, 3.63) is 42.4 Å². The number of nitrogens with zero attached hydrogens (tertiary/aromatic N) is 3. The zero-order valence-electron chi connectivity index (χ0n) is 10.5. The van der Waals surface area contributed by atoms with Gasteiger partial charge in [-0.15, -0.1) is 0 Å². The van der Waals surface area contributed by atoms with Crippen molar-refractivity contribution in [3.8, 4) is 0 Å². The van der Waals surface area contributed by atoms with Crippen LogP contribution in [0.25, 0.3) is 16.6 Å². The minimum atomic E-state index is 0.230. The molecular formula is C14H16N4. The Balaban J connectivity index is 2.40. The molecule has 0 aliphatic rings. The predicted octanol–water partition coefficient (Wildman–Crippen LogP) is 2.41. The molecule has 92 valence electrons. The first-order valence-electron chi connectivity index (χ1n) is 5.88. The Morgan fingerprint density at radius 1 is 1.28 bits per heavy atom. The highest BCUT2D eigenvalue weighted by atomic mass is 14.8. The number of aliphatic imine (C=N–C) groups is 1. The molecule has 2 rings (SSSR count). The molecule has 0 amide bonds. The van der Waals surface area contributed by atoms with Crippen molar-refractivity contribution in [2.24, 2.45) is 10.7 Å². The standard InChI is InChI=1S/C14H16N4/c1-10(2)16-8-11(7-15)14-9-17-12-5-3-4-6-13(12)18-14/h3-10H,15H2,1-2H3. The van der Waals surface area contributed by atoms with Crippen molar-refractivity contribution in [2.45, 2.75) is 19.9 Å². The van der Waals surface area contributed by atoms with Crippen LogP contribution in [0.4, 0.5) is 0 Å². The first kappa shape index (κ1) is 12.2. The van der Waals surface area contributed by atoms with Crippen LogP contribution in [0.3, 0.4) is 0 Å². The Morgan fingerprint density at radius 2 is 2.00 bits per heavy atom. The Morgan fingerprint density at radius 3 is 2.67 bits per heavy atom. The Kier molecular flexibility index (Phi) is 3.67. The average Bonchev–Trinajstić information content (AvgIpc) is 2.39. The normalized spacial score (nSPS) is 12.7. The third-order valence-corrected chi connectivity index (χ3v) is 2.44. The van der Waals surface area contributed by atoms with Gasteiger partial charge in [0.1, 0.15) is 0 Å². The van der Waals surface area contributed by atoms with Gasteiger partial charge in [0.15, 0.2) is 0 Å².